The Kier molecular flexibility index (Phi) is 3.51. The Hall–Kier alpha value is -1.81. The van der Waals surface area contributed by atoms with E-state index < -0.39 is 0 Å². The van der Waals surface area contributed by atoms with Gasteiger partial charge in [0.05, 0.1) is 12.3 Å². The van der Waals surface area contributed by atoms with Crippen molar-refractivity contribution in [2.24, 2.45) is 5.92 Å². The predicted octanol–water partition coefficient (Wildman–Crippen LogP) is 2.67. The Balaban J connectivity index is 1.82. The van der Waals surface area contributed by atoms with E-state index in [0.29, 0.717) is 6.61 Å². The highest BCUT2D eigenvalue weighted by atomic mass is 16.5. The second kappa shape index (κ2) is 5.45. The van der Waals surface area contributed by atoms with E-state index in [1.165, 1.54) is 19.2 Å². The lowest BCUT2D eigenvalue weighted by Crippen LogP contribution is -2.01. The normalized spacial score (nSPS) is 14.6. The molecule has 0 saturated heterocycles. The maximum Gasteiger partial charge on any atom is 0.181 e. The topological polar surface area (TPSA) is 55.5 Å². The summed E-state index contributed by atoms with van der Waals surface area (Å²) in [6.07, 6.45) is 5.10. The van der Waals surface area contributed by atoms with Crippen LogP contribution in [0.15, 0.2) is 35.1 Å². The van der Waals surface area contributed by atoms with Gasteiger partial charge in [-0.25, -0.2) is 4.98 Å². The highest BCUT2D eigenvalue weighted by molar-refractivity contribution is 5.61. The fourth-order valence-electron chi connectivity index (χ4n) is 2.14. The lowest BCUT2D eigenvalue weighted by Gasteiger charge is -2.06. The summed E-state index contributed by atoms with van der Waals surface area (Å²) in [5.74, 6) is 2.35. The molecule has 1 saturated carbocycles. The first-order chi connectivity index (χ1) is 9.36. The van der Waals surface area contributed by atoms with Gasteiger partial charge in [-0.15, -0.1) is 0 Å². The average molecular weight is 259 g/mol. The molecule has 100 valence electrons. The van der Waals surface area contributed by atoms with Gasteiger partial charge in [-0.3, -0.25) is 0 Å². The van der Waals surface area contributed by atoms with Crippen LogP contribution in [0.25, 0.3) is 11.3 Å². The van der Waals surface area contributed by atoms with Crippen LogP contribution >= 0.6 is 0 Å². The molecule has 0 unspecified atom stereocenters. The standard InChI is InChI=1S/C15H17NO3/c17-6-7-18-13-3-1-2-12(9-13)15-14(16-10-19-15)8-11-4-5-11/h1-3,9-11,17H,4-8H2. The first kappa shape index (κ1) is 12.2. The largest absolute Gasteiger partial charge is 0.491 e. The molecule has 0 aliphatic heterocycles. The number of hydrogen-bond donors (Lipinski definition) is 1. The molecule has 0 amide bonds. The zero-order valence-corrected chi connectivity index (χ0v) is 10.7. The number of oxazole rings is 1. The van der Waals surface area contributed by atoms with Crippen LogP contribution in [0.1, 0.15) is 18.5 Å². The van der Waals surface area contributed by atoms with Crippen molar-refractivity contribution in [2.75, 3.05) is 13.2 Å². The van der Waals surface area contributed by atoms with Gasteiger partial charge >= 0.3 is 0 Å². The number of nitrogens with zero attached hydrogens (tertiary/aromatic N) is 1. The summed E-state index contributed by atoms with van der Waals surface area (Å²) >= 11 is 0. The van der Waals surface area contributed by atoms with Crippen LogP contribution < -0.4 is 4.74 Å². The molecule has 1 heterocycles. The van der Waals surface area contributed by atoms with E-state index in [-0.39, 0.29) is 6.61 Å². The summed E-state index contributed by atoms with van der Waals surface area (Å²) in [7, 11) is 0. The van der Waals surface area contributed by atoms with Crippen LogP contribution in [0.5, 0.6) is 5.75 Å². The molecule has 0 atom stereocenters. The van der Waals surface area contributed by atoms with Crippen LogP contribution in [0, 0.1) is 5.92 Å². The quantitative estimate of drug-likeness (QED) is 0.866. The summed E-state index contributed by atoms with van der Waals surface area (Å²) in [5, 5.41) is 8.78. The van der Waals surface area contributed by atoms with Gasteiger partial charge in [0.15, 0.2) is 12.2 Å². The van der Waals surface area contributed by atoms with Gasteiger partial charge in [-0.05, 0) is 37.3 Å². The molecule has 1 N–H and O–H groups in total. The second-order valence-corrected chi connectivity index (χ2v) is 4.88. The molecule has 1 aromatic carbocycles. The summed E-state index contributed by atoms with van der Waals surface area (Å²) in [6, 6.07) is 7.71. The molecule has 0 spiro atoms. The maximum atomic E-state index is 8.78. The number of rotatable bonds is 6. The smallest absolute Gasteiger partial charge is 0.181 e. The molecular formula is C15H17NO3. The monoisotopic (exact) mass is 259 g/mol. The third kappa shape index (κ3) is 2.96. The molecule has 3 rings (SSSR count). The highest BCUT2D eigenvalue weighted by Gasteiger charge is 2.25. The second-order valence-electron chi connectivity index (χ2n) is 4.88. The Morgan fingerprint density at radius 2 is 2.26 bits per heavy atom. The number of aliphatic hydroxyl groups is 1. The summed E-state index contributed by atoms with van der Waals surface area (Å²) < 4.78 is 10.9. The van der Waals surface area contributed by atoms with Crippen molar-refractivity contribution >= 4 is 0 Å². The zero-order chi connectivity index (χ0) is 13.1. The molecule has 1 fully saturated rings. The van der Waals surface area contributed by atoms with E-state index in [2.05, 4.69) is 4.98 Å². The van der Waals surface area contributed by atoms with Gasteiger partial charge in [-0.1, -0.05) is 12.1 Å². The van der Waals surface area contributed by atoms with Crippen molar-refractivity contribution in [3.8, 4) is 17.1 Å². The molecule has 0 radical (unpaired) electrons. The van der Waals surface area contributed by atoms with E-state index in [0.717, 1.165) is 35.1 Å². The summed E-state index contributed by atoms with van der Waals surface area (Å²) in [6.45, 7) is 0.314. The van der Waals surface area contributed by atoms with Crippen molar-refractivity contribution in [3.05, 3.63) is 36.4 Å². The van der Waals surface area contributed by atoms with E-state index in [1.807, 2.05) is 24.3 Å². The van der Waals surface area contributed by atoms with Crippen molar-refractivity contribution < 1.29 is 14.3 Å². The Morgan fingerprint density at radius 3 is 3.05 bits per heavy atom. The fraction of sp³-hybridized carbons (Fsp3) is 0.400. The molecule has 4 heteroatoms. The van der Waals surface area contributed by atoms with Crippen molar-refractivity contribution in [1.29, 1.82) is 0 Å². The van der Waals surface area contributed by atoms with Crippen LogP contribution in [0.4, 0.5) is 0 Å². The molecule has 2 aromatic rings. The van der Waals surface area contributed by atoms with E-state index >= 15 is 0 Å². The SMILES string of the molecule is OCCOc1cccc(-c2ocnc2CC2CC2)c1. The highest BCUT2D eigenvalue weighted by Crippen LogP contribution is 2.35. The number of aliphatic hydroxyl groups excluding tert-OH is 1. The van der Waals surface area contributed by atoms with Crippen molar-refractivity contribution in [3.63, 3.8) is 0 Å². The molecular weight excluding hydrogens is 242 g/mol. The maximum absolute atomic E-state index is 8.78. The first-order valence-electron chi connectivity index (χ1n) is 6.63. The van der Waals surface area contributed by atoms with Gasteiger partial charge in [0.1, 0.15) is 12.4 Å². The molecule has 1 aliphatic carbocycles. The van der Waals surface area contributed by atoms with E-state index in [9.17, 15) is 0 Å². The lowest BCUT2D eigenvalue weighted by molar-refractivity contribution is 0.201. The number of hydrogen-bond acceptors (Lipinski definition) is 4. The molecule has 19 heavy (non-hydrogen) atoms. The fourth-order valence-corrected chi connectivity index (χ4v) is 2.14. The average Bonchev–Trinajstić information content (AvgIpc) is 3.13. The molecule has 4 nitrogen and oxygen atoms in total. The molecule has 1 aromatic heterocycles. The summed E-state index contributed by atoms with van der Waals surface area (Å²) in [4.78, 5) is 4.32. The van der Waals surface area contributed by atoms with Crippen molar-refractivity contribution in [2.45, 2.75) is 19.3 Å². The van der Waals surface area contributed by atoms with Crippen LogP contribution in [-0.4, -0.2) is 23.3 Å². The molecule has 0 bridgehead atoms. The minimum atomic E-state index is 0.0134. The van der Waals surface area contributed by atoms with E-state index in [4.69, 9.17) is 14.3 Å². The van der Waals surface area contributed by atoms with Gasteiger partial charge in [-0.2, -0.15) is 0 Å². The molecule has 1 aliphatic rings. The number of benzene rings is 1. The van der Waals surface area contributed by atoms with Crippen LogP contribution in [0.3, 0.4) is 0 Å². The Bertz CT molecular complexity index is 546. The van der Waals surface area contributed by atoms with Gasteiger partial charge < -0.3 is 14.3 Å². The minimum Gasteiger partial charge on any atom is -0.491 e. The zero-order valence-electron chi connectivity index (χ0n) is 10.7. The van der Waals surface area contributed by atoms with E-state index in [1.54, 1.807) is 0 Å². The third-order valence-electron chi connectivity index (χ3n) is 3.28. The van der Waals surface area contributed by atoms with Crippen LogP contribution in [0.2, 0.25) is 0 Å². The summed E-state index contributed by atoms with van der Waals surface area (Å²) in [5.41, 5.74) is 2.00. The Morgan fingerprint density at radius 1 is 1.37 bits per heavy atom. The van der Waals surface area contributed by atoms with Gasteiger partial charge in [0, 0.05) is 5.56 Å². The number of aromatic nitrogens is 1. The lowest BCUT2D eigenvalue weighted by atomic mass is 10.1. The number of ether oxygens (including phenoxy) is 1. The van der Waals surface area contributed by atoms with Gasteiger partial charge in [0.2, 0.25) is 0 Å². The predicted molar refractivity (Wildman–Crippen MR) is 70.9 cm³/mol. The Labute approximate surface area is 112 Å². The third-order valence-corrected chi connectivity index (χ3v) is 3.28. The minimum absolute atomic E-state index is 0.0134. The van der Waals surface area contributed by atoms with Crippen molar-refractivity contribution in [1.82, 2.24) is 4.98 Å². The first-order valence-corrected chi connectivity index (χ1v) is 6.63. The van der Waals surface area contributed by atoms with Crippen LogP contribution in [-0.2, 0) is 6.42 Å². The van der Waals surface area contributed by atoms with Gasteiger partial charge in [0.25, 0.3) is 0 Å².